The molecule has 0 unspecified atom stereocenters. The first-order valence-electron chi connectivity index (χ1n) is 19.7. The predicted molar refractivity (Wildman–Crippen MR) is 245 cm³/mol. The summed E-state index contributed by atoms with van der Waals surface area (Å²) in [5.41, 5.74) is 10.6. The first-order valence-corrected chi connectivity index (χ1v) is 19.7. The summed E-state index contributed by atoms with van der Waals surface area (Å²) in [6, 6.07) is 82.2. The molecule has 0 amide bonds. The van der Waals surface area contributed by atoms with Gasteiger partial charge in [-0.05, 0) is 113 Å². The van der Waals surface area contributed by atoms with Gasteiger partial charge in [0.05, 0.1) is 5.69 Å². The minimum atomic E-state index is 1.10. The van der Waals surface area contributed by atoms with Gasteiger partial charge in [0, 0.05) is 22.3 Å². The van der Waals surface area contributed by atoms with E-state index in [1.54, 1.807) is 0 Å². The maximum Gasteiger partial charge on any atom is 0.0624 e. The van der Waals surface area contributed by atoms with Crippen molar-refractivity contribution in [3.05, 3.63) is 224 Å². The molecule has 0 aliphatic carbocycles. The Morgan fingerprint density at radius 2 is 0.772 bits per heavy atom. The monoisotopic (exact) mass is 723 g/mol. The van der Waals surface area contributed by atoms with Gasteiger partial charge in [-0.15, -0.1) is 0 Å². The number of rotatable bonds is 6. The summed E-state index contributed by atoms with van der Waals surface area (Å²) in [4.78, 5) is 2.49. The highest BCUT2D eigenvalue weighted by Gasteiger charge is 2.24. The molecule has 57 heavy (non-hydrogen) atoms. The second-order valence-corrected chi connectivity index (χ2v) is 14.9. The summed E-state index contributed by atoms with van der Waals surface area (Å²) in [5.74, 6) is 0. The van der Waals surface area contributed by atoms with Crippen molar-refractivity contribution < 1.29 is 0 Å². The van der Waals surface area contributed by atoms with Crippen LogP contribution in [0.4, 0.5) is 17.1 Å². The lowest BCUT2D eigenvalue weighted by atomic mass is 9.88. The molecule has 0 aliphatic heterocycles. The van der Waals surface area contributed by atoms with Gasteiger partial charge < -0.3 is 4.90 Å². The Bertz CT molecular complexity index is 3290. The summed E-state index contributed by atoms with van der Waals surface area (Å²) in [6.07, 6.45) is 0. The lowest BCUT2D eigenvalue weighted by Crippen LogP contribution is -2.12. The van der Waals surface area contributed by atoms with Gasteiger partial charge in [-0.2, -0.15) is 0 Å². The minimum absolute atomic E-state index is 1.10. The number of anilines is 3. The lowest BCUT2D eigenvalue weighted by molar-refractivity contribution is 1.31. The fourth-order valence-electron chi connectivity index (χ4n) is 8.94. The van der Waals surface area contributed by atoms with E-state index in [-0.39, 0.29) is 0 Å². The molecule has 1 heteroatoms. The lowest BCUT2D eigenvalue weighted by Gasteiger charge is -2.31. The largest absolute Gasteiger partial charge is 0.309 e. The minimum Gasteiger partial charge on any atom is -0.309 e. The Morgan fingerprint density at radius 3 is 1.53 bits per heavy atom. The number of nitrogens with zero attached hydrogens (tertiary/aromatic N) is 1. The predicted octanol–water partition coefficient (Wildman–Crippen LogP) is 15.9. The van der Waals surface area contributed by atoms with Gasteiger partial charge in [0.1, 0.15) is 0 Å². The van der Waals surface area contributed by atoms with Crippen LogP contribution in [-0.4, -0.2) is 0 Å². The molecular formula is C56H37N. The standard InChI is InChI=1S/C56H37N/c1-2-15-38(16-3-1)41-20-14-21-44(35-41)55-52-27-12-10-24-49(52)50-25-11-13-28-53(50)56(55)57(46-34-29-39-17-4-5-18-42(39)36-46)45-32-30-40(31-33-45)54-37-43-19-6-7-22-47(43)48-23-8-9-26-51(48)54/h1-37H. The zero-order chi connectivity index (χ0) is 37.7. The van der Waals surface area contributed by atoms with Crippen molar-refractivity contribution in [2.45, 2.75) is 0 Å². The molecular weight excluding hydrogens is 687 g/mol. The van der Waals surface area contributed by atoms with Crippen molar-refractivity contribution in [1.29, 1.82) is 0 Å². The maximum absolute atomic E-state index is 2.49. The molecule has 0 saturated carbocycles. The van der Waals surface area contributed by atoms with E-state index in [9.17, 15) is 0 Å². The van der Waals surface area contributed by atoms with E-state index in [1.807, 2.05) is 0 Å². The highest BCUT2D eigenvalue weighted by molar-refractivity contribution is 6.23. The molecule has 0 aromatic heterocycles. The second-order valence-electron chi connectivity index (χ2n) is 14.9. The molecule has 0 spiro atoms. The zero-order valence-electron chi connectivity index (χ0n) is 31.3. The van der Waals surface area contributed by atoms with Crippen LogP contribution in [0.5, 0.6) is 0 Å². The molecule has 1 nitrogen and oxygen atoms in total. The fraction of sp³-hybridized carbons (Fsp3) is 0. The number of hydrogen-bond donors (Lipinski definition) is 0. The third-order valence-corrected chi connectivity index (χ3v) is 11.6. The number of fused-ring (bicyclic) bond motifs is 7. The van der Waals surface area contributed by atoms with E-state index < -0.39 is 0 Å². The van der Waals surface area contributed by atoms with Gasteiger partial charge in [0.25, 0.3) is 0 Å². The van der Waals surface area contributed by atoms with Crippen LogP contribution in [0.2, 0.25) is 0 Å². The van der Waals surface area contributed by atoms with Gasteiger partial charge in [-0.3, -0.25) is 0 Å². The van der Waals surface area contributed by atoms with Crippen LogP contribution in [0.3, 0.4) is 0 Å². The molecule has 11 aromatic carbocycles. The van der Waals surface area contributed by atoms with E-state index in [0.29, 0.717) is 0 Å². The Morgan fingerprint density at radius 1 is 0.246 bits per heavy atom. The van der Waals surface area contributed by atoms with E-state index in [2.05, 4.69) is 229 Å². The molecule has 0 N–H and O–H groups in total. The van der Waals surface area contributed by atoms with Crippen LogP contribution in [0.1, 0.15) is 0 Å². The summed E-state index contributed by atoms with van der Waals surface area (Å²) >= 11 is 0. The van der Waals surface area contributed by atoms with Crippen LogP contribution in [0, 0.1) is 0 Å². The summed E-state index contributed by atoms with van der Waals surface area (Å²) < 4.78 is 0. The van der Waals surface area contributed by atoms with E-state index in [1.165, 1.54) is 87.2 Å². The normalized spacial score (nSPS) is 11.5. The average molecular weight is 724 g/mol. The van der Waals surface area contributed by atoms with Crippen molar-refractivity contribution in [2.24, 2.45) is 0 Å². The number of hydrogen-bond acceptors (Lipinski definition) is 1. The zero-order valence-corrected chi connectivity index (χ0v) is 31.3. The molecule has 0 bridgehead atoms. The van der Waals surface area contributed by atoms with Crippen LogP contribution in [0.15, 0.2) is 224 Å². The Balaban J connectivity index is 1.20. The molecule has 11 rings (SSSR count). The van der Waals surface area contributed by atoms with Crippen molar-refractivity contribution in [3.8, 4) is 33.4 Å². The SMILES string of the molecule is c1ccc(-c2cccc(-c3c(N(c4ccc(-c5cc6ccccc6c6ccccc56)cc4)c4ccc5ccccc5c4)c4ccccc4c4ccccc34)c2)cc1. The average Bonchev–Trinajstić information content (AvgIpc) is 3.29. The van der Waals surface area contributed by atoms with Gasteiger partial charge >= 0.3 is 0 Å². The molecule has 0 fully saturated rings. The molecule has 0 aliphatic rings. The van der Waals surface area contributed by atoms with E-state index in [0.717, 1.165) is 17.1 Å². The number of benzene rings is 11. The van der Waals surface area contributed by atoms with Crippen molar-refractivity contribution >= 4 is 70.9 Å². The topological polar surface area (TPSA) is 3.24 Å². The van der Waals surface area contributed by atoms with Gasteiger partial charge in [-0.1, -0.05) is 188 Å². The van der Waals surface area contributed by atoms with E-state index in [4.69, 9.17) is 0 Å². The van der Waals surface area contributed by atoms with Crippen LogP contribution < -0.4 is 4.90 Å². The highest BCUT2D eigenvalue weighted by atomic mass is 15.1. The smallest absolute Gasteiger partial charge is 0.0624 e. The van der Waals surface area contributed by atoms with Gasteiger partial charge in [0.2, 0.25) is 0 Å². The molecule has 11 aromatic rings. The third kappa shape index (κ3) is 5.63. The summed E-state index contributed by atoms with van der Waals surface area (Å²) in [7, 11) is 0. The summed E-state index contributed by atoms with van der Waals surface area (Å²) in [5, 5.41) is 12.4. The van der Waals surface area contributed by atoms with Crippen molar-refractivity contribution in [1.82, 2.24) is 0 Å². The van der Waals surface area contributed by atoms with Crippen LogP contribution >= 0.6 is 0 Å². The molecule has 0 saturated heterocycles. The Labute approximate surface area is 332 Å². The van der Waals surface area contributed by atoms with Crippen LogP contribution in [0.25, 0.3) is 87.2 Å². The highest BCUT2D eigenvalue weighted by Crippen LogP contribution is 2.50. The summed E-state index contributed by atoms with van der Waals surface area (Å²) in [6.45, 7) is 0. The fourth-order valence-corrected chi connectivity index (χ4v) is 8.94. The van der Waals surface area contributed by atoms with Crippen molar-refractivity contribution in [3.63, 3.8) is 0 Å². The Hall–Kier alpha value is -7.48. The van der Waals surface area contributed by atoms with Gasteiger partial charge in [0.15, 0.2) is 0 Å². The van der Waals surface area contributed by atoms with Crippen LogP contribution in [-0.2, 0) is 0 Å². The third-order valence-electron chi connectivity index (χ3n) is 11.6. The maximum atomic E-state index is 2.49. The second kappa shape index (κ2) is 13.7. The Kier molecular flexibility index (Phi) is 7.89. The first kappa shape index (κ1) is 32.9. The van der Waals surface area contributed by atoms with E-state index >= 15 is 0 Å². The molecule has 0 atom stereocenters. The first-order chi connectivity index (χ1) is 28.3. The molecule has 0 radical (unpaired) electrons. The molecule has 0 heterocycles. The van der Waals surface area contributed by atoms with Crippen molar-refractivity contribution in [2.75, 3.05) is 4.90 Å². The molecule has 266 valence electrons. The van der Waals surface area contributed by atoms with Gasteiger partial charge in [-0.25, -0.2) is 0 Å². The quantitative estimate of drug-likeness (QED) is 0.154.